The Morgan fingerprint density at radius 1 is 1.00 bits per heavy atom. The predicted octanol–water partition coefficient (Wildman–Crippen LogP) is 4.25. The first-order chi connectivity index (χ1) is 9.55. The number of fused-ring (bicyclic) bond motifs is 1. The first kappa shape index (κ1) is 12.8. The van der Waals surface area contributed by atoms with E-state index in [1.807, 2.05) is 12.1 Å². The Morgan fingerprint density at radius 2 is 1.70 bits per heavy atom. The smallest absolute Gasteiger partial charge is 0.416 e. The number of hydrogen-bond acceptors (Lipinski definition) is 2. The highest BCUT2D eigenvalue weighted by Gasteiger charge is 2.36. The van der Waals surface area contributed by atoms with Crippen molar-refractivity contribution in [3.05, 3.63) is 59.7 Å². The summed E-state index contributed by atoms with van der Waals surface area (Å²) in [6.07, 6.45) is -5.03. The SMILES string of the molecule is FC(F)(F)c1ccccc1C1CNc2ccccc2O1. The zero-order chi connectivity index (χ0) is 14.2. The van der Waals surface area contributed by atoms with Gasteiger partial charge < -0.3 is 10.1 Å². The molecule has 0 amide bonds. The normalized spacial score (nSPS) is 17.9. The summed E-state index contributed by atoms with van der Waals surface area (Å²) in [5.74, 6) is 0.570. The lowest BCUT2D eigenvalue weighted by atomic mass is 10.0. The van der Waals surface area contributed by atoms with E-state index in [9.17, 15) is 13.2 Å². The average molecular weight is 279 g/mol. The quantitative estimate of drug-likeness (QED) is 0.842. The van der Waals surface area contributed by atoms with E-state index in [0.29, 0.717) is 12.3 Å². The molecule has 3 rings (SSSR count). The minimum absolute atomic E-state index is 0.155. The number of para-hydroxylation sites is 2. The van der Waals surface area contributed by atoms with Crippen molar-refractivity contribution in [2.45, 2.75) is 12.3 Å². The molecule has 0 fully saturated rings. The van der Waals surface area contributed by atoms with Gasteiger partial charge in [-0.15, -0.1) is 0 Å². The minimum Gasteiger partial charge on any atom is -0.482 e. The standard InChI is InChI=1S/C15H12F3NO/c16-15(17,18)11-6-2-1-5-10(11)14-9-19-12-7-3-4-8-13(12)20-14/h1-8,14,19H,9H2. The van der Waals surface area contributed by atoms with E-state index in [-0.39, 0.29) is 5.56 Å². The molecular formula is C15H12F3NO. The Morgan fingerprint density at radius 3 is 2.50 bits per heavy atom. The molecule has 0 bridgehead atoms. The summed E-state index contributed by atoms with van der Waals surface area (Å²) in [7, 11) is 0. The second kappa shape index (κ2) is 4.74. The maximum atomic E-state index is 13.0. The molecule has 2 aromatic rings. The highest BCUT2D eigenvalue weighted by molar-refractivity contribution is 5.58. The molecule has 0 radical (unpaired) electrons. The molecule has 104 valence electrons. The van der Waals surface area contributed by atoms with Crippen molar-refractivity contribution in [3.63, 3.8) is 0 Å². The molecule has 1 unspecified atom stereocenters. The molecule has 1 aliphatic heterocycles. The fraction of sp³-hybridized carbons (Fsp3) is 0.200. The van der Waals surface area contributed by atoms with Crippen molar-refractivity contribution in [3.8, 4) is 5.75 Å². The van der Waals surface area contributed by atoms with Gasteiger partial charge in [0.15, 0.2) is 0 Å². The number of benzene rings is 2. The summed E-state index contributed by atoms with van der Waals surface area (Å²) in [6, 6.07) is 12.7. The molecular weight excluding hydrogens is 267 g/mol. The van der Waals surface area contributed by atoms with Gasteiger partial charge in [0.2, 0.25) is 0 Å². The van der Waals surface area contributed by atoms with Crippen molar-refractivity contribution >= 4 is 5.69 Å². The molecule has 0 saturated heterocycles. The van der Waals surface area contributed by atoms with E-state index < -0.39 is 17.8 Å². The maximum absolute atomic E-state index is 13.0. The topological polar surface area (TPSA) is 21.3 Å². The fourth-order valence-electron chi connectivity index (χ4n) is 2.32. The number of rotatable bonds is 1. The maximum Gasteiger partial charge on any atom is 0.416 e. The molecule has 0 aliphatic carbocycles. The van der Waals surface area contributed by atoms with Gasteiger partial charge in [-0.3, -0.25) is 0 Å². The second-order valence-electron chi connectivity index (χ2n) is 4.57. The van der Waals surface area contributed by atoms with Gasteiger partial charge in [-0.25, -0.2) is 0 Å². The zero-order valence-electron chi connectivity index (χ0n) is 10.4. The number of ether oxygens (including phenoxy) is 1. The second-order valence-corrected chi connectivity index (χ2v) is 4.57. The van der Waals surface area contributed by atoms with Gasteiger partial charge in [0.05, 0.1) is 17.8 Å². The van der Waals surface area contributed by atoms with Crippen LogP contribution in [0.25, 0.3) is 0 Å². The highest BCUT2D eigenvalue weighted by atomic mass is 19.4. The van der Waals surface area contributed by atoms with E-state index in [1.165, 1.54) is 12.1 Å². The predicted molar refractivity (Wildman–Crippen MR) is 69.7 cm³/mol. The van der Waals surface area contributed by atoms with Crippen molar-refractivity contribution in [1.29, 1.82) is 0 Å². The lowest BCUT2D eigenvalue weighted by molar-refractivity contribution is -0.139. The molecule has 2 nitrogen and oxygen atoms in total. The number of halogens is 3. The summed E-state index contributed by atoms with van der Waals surface area (Å²) in [4.78, 5) is 0. The van der Waals surface area contributed by atoms with Crippen molar-refractivity contribution in [2.24, 2.45) is 0 Å². The lowest BCUT2D eigenvalue weighted by Crippen LogP contribution is -2.26. The van der Waals surface area contributed by atoms with Crippen LogP contribution in [-0.2, 0) is 6.18 Å². The molecule has 20 heavy (non-hydrogen) atoms. The van der Waals surface area contributed by atoms with Gasteiger partial charge >= 0.3 is 6.18 Å². The average Bonchev–Trinajstić information content (AvgIpc) is 2.46. The van der Waals surface area contributed by atoms with Crippen LogP contribution in [0.2, 0.25) is 0 Å². The summed E-state index contributed by atoms with van der Waals surface area (Å²) in [5, 5.41) is 3.10. The molecule has 2 aromatic carbocycles. The summed E-state index contributed by atoms with van der Waals surface area (Å²) < 4.78 is 44.8. The van der Waals surface area contributed by atoms with Crippen LogP contribution < -0.4 is 10.1 Å². The highest BCUT2D eigenvalue weighted by Crippen LogP contribution is 2.39. The van der Waals surface area contributed by atoms with E-state index in [2.05, 4.69) is 5.32 Å². The third-order valence-electron chi connectivity index (χ3n) is 3.25. The Kier molecular flexibility index (Phi) is 3.04. The zero-order valence-corrected chi connectivity index (χ0v) is 10.4. The van der Waals surface area contributed by atoms with Crippen LogP contribution in [0, 0.1) is 0 Å². The van der Waals surface area contributed by atoms with Crippen LogP contribution >= 0.6 is 0 Å². The van der Waals surface area contributed by atoms with Gasteiger partial charge in [0, 0.05) is 5.56 Å². The number of hydrogen-bond donors (Lipinski definition) is 1. The molecule has 0 spiro atoms. The Hall–Kier alpha value is -2.17. The van der Waals surface area contributed by atoms with Gasteiger partial charge in [-0.05, 0) is 18.2 Å². The monoisotopic (exact) mass is 279 g/mol. The van der Waals surface area contributed by atoms with Crippen LogP contribution in [-0.4, -0.2) is 6.54 Å². The largest absolute Gasteiger partial charge is 0.482 e. The lowest BCUT2D eigenvalue weighted by Gasteiger charge is -2.29. The molecule has 1 N–H and O–H groups in total. The molecule has 0 aromatic heterocycles. The van der Waals surface area contributed by atoms with Crippen molar-refractivity contribution < 1.29 is 17.9 Å². The van der Waals surface area contributed by atoms with E-state index in [0.717, 1.165) is 11.8 Å². The molecule has 1 heterocycles. The van der Waals surface area contributed by atoms with Crippen molar-refractivity contribution in [1.82, 2.24) is 0 Å². The van der Waals surface area contributed by atoms with Gasteiger partial charge in [-0.1, -0.05) is 30.3 Å². The van der Waals surface area contributed by atoms with Crippen LogP contribution in [0.4, 0.5) is 18.9 Å². The Bertz CT molecular complexity index is 625. The number of anilines is 1. The van der Waals surface area contributed by atoms with Crippen molar-refractivity contribution in [2.75, 3.05) is 11.9 Å². The minimum atomic E-state index is -4.38. The summed E-state index contributed by atoms with van der Waals surface area (Å²) in [5.41, 5.74) is 0.307. The molecule has 1 aliphatic rings. The fourth-order valence-corrected chi connectivity index (χ4v) is 2.32. The first-order valence-electron chi connectivity index (χ1n) is 6.21. The Balaban J connectivity index is 1.96. The van der Waals surface area contributed by atoms with E-state index in [4.69, 9.17) is 4.74 Å². The van der Waals surface area contributed by atoms with Gasteiger partial charge in [0.1, 0.15) is 11.9 Å². The van der Waals surface area contributed by atoms with Crippen LogP contribution in [0.1, 0.15) is 17.2 Å². The van der Waals surface area contributed by atoms with Crippen LogP contribution in [0.5, 0.6) is 5.75 Å². The summed E-state index contributed by atoms with van der Waals surface area (Å²) >= 11 is 0. The van der Waals surface area contributed by atoms with E-state index in [1.54, 1.807) is 18.2 Å². The van der Waals surface area contributed by atoms with E-state index >= 15 is 0 Å². The third kappa shape index (κ3) is 2.31. The van der Waals surface area contributed by atoms with Crippen LogP contribution in [0.3, 0.4) is 0 Å². The molecule has 1 atom stereocenters. The molecule has 0 saturated carbocycles. The Labute approximate surface area is 114 Å². The summed E-state index contributed by atoms with van der Waals surface area (Å²) in [6.45, 7) is 0.310. The van der Waals surface area contributed by atoms with Gasteiger partial charge in [0.25, 0.3) is 0 Å². The first-order valence-corrected chi connectivity index (χ1v) is 6.21. The van der Waals surface area contributed by atoms with Gasteiger partial charge in [-0.2, -0.15) is 13.2 Å². The number of alkyl halides is 3. The third-order valence-corrected chi connectivity index (χ3v) is 3.25. The van der Waals surface area contributed by atoms with Crippen LogP contribution in [0.15, 0.2) is 48.5 Å². The molecule has 5 heteroatoms. The number of nitrogens with one attached hydrogen (secondary N) is 1.